The first-order chi connectivity index (χ1) is 7.33. The minimum atomic E-state index is -3.69. The maximum absolute atomic E-state index is 11.8. The van der Waals surface area contributed by atoms with Crippen LogP contribution >= 0.6 is 31.9 Å². The van der Waals surface area contributed by atoms with Gasteiger partial charge in [0.25, 0.3) is 10.1 Å². The third-order valence-electron chi connectivity index (χ3n) is 1.72. The fourth-order valence-electron chi connectivity index (χ4n) is 0.958. The van der Waals surface area contributed by atoms with Crippen LogP contribution in [0.1, 0.15) is 13.8 Å². The summed E-state index contributed by atoms with van der Waals surface area (Å²) in [6.45, 7) is 3.97. The highest BCUT2D eigenvalue weighted by molar-refractivity contribution is 9.11. The van der Waals surface area contributed by atoms with Gasteiger partial charge in [-0.3, -0.25) is 4.18 Å². The van der Waals surface area contributed by atoms with E-state index in [-0.39, 0.29) is 17.4 Å². The van der Waals surface area contributed by atoms with Crippen LogP contribution in [0.4, 0.5) is 0 Å². The maximum atomic E-state index is 11.8. The van der Waals surface area contributed by atoms with E-state index in [1.165, 1.54) is 6.07 Å². The summed E-state index contributed by atoms with van der Waals surface area (Å²) in [6, 6.07) is 4.93. The summed E-state index contributed by atoms with van der Waals surface area (Å²) < 4.78 is 29.8. The van der Waals surface area contributed by atoms with Crippen LogP contribution in [0, 0.1) is 5.92 Å². The highest BCUT2D eigenvalue weighted by Crippen LogP contribution is 2.27. The molecule has 0 aliphatic rings. The smallest absolute Gasteiger partial charge is 0.266 e. The van der Waals surface area contributed by atoms with Crippen LogP contribution in [0.15, 0.2) is 32.0 Å². The normalized spacial score (nSPS) is 12.1. The predicted molar refractivity (Wildman–Crippen MR) is 69.8 cm³/mol. The lowest BCUT2D eigenvalue weighted by Gasteiger charge is -2.09. The summed E-state index contributed by atoms with van der Waals surface area (Å²) in [5.41, 5.74) is 0. The fourth-order valence-corrected chi connectivity index (χ4v) is 3.47. The van der Waals surface area contributed by atoms with E-state index >= 15 is 0 Å². The number of hydrogen-bond donors (Lipinski definition) is 0. The minimum absolute atomic E-state index is 0.141. The summed E-state index contributed by atoms with van der Waals surface area (Å²) in [5.74, 6) is 0.167. The van der Waals surface area contributed by atoms with E-state index in [0.717, 1.165) is 0 Å². The van der Waals surface area contributed by atoms with Crippen molar-refractivity contribution < 1.29 is 12.6 Å². The molecule has 0 amide bonds. The lowest BCUT2D eigenvalue weighted by molar-refractivity contribution is 0.275. The summed E-state index contributed by atoms with van der Waals surface area (Å²) in [6.07, 6.45) is 0. The Morgan fingerprint density at radius 2 is 1.94 bits per heavy atom. The molecule has 16 heavy (non-hydrogen) atoms. The predicted octanol–water partition coefficient (Wildman–Crippen LogP) is 3.57. The van der Waals surface area contributed by atoms with Crippen molar-refractivity contribution in [2.24, 2.45) is 5.92 Å². The van der Waals surface area contributed by atoms with E-state index in [1.807, 2.05) is 13.8 Å². The summed E-state index contributed by atoms with van der Waals surface area (Å²) in [4.78, 5) is 0.141. The Morgan fingerprint density at radius 3 is 2.50 bits per heavy atom. The second-order valence-electron chi connectivity index (χ2n) is 3.71. The standard InChI is InChI=1S/C10H12Br2O3S/c1-7(2)6-15-16(13,14)10-5-8(11)3-4-9(10)12/h3-5,7H,6H2,1-2H3. The van der Waals surface area contributed by atoms with E-state index in [9.17, 15) is 8.42 Å². The van der Waals surface area contributed by atoms with Crippen molar-refractivity contribution >= 4 is 42.0 Å². The van der Waals surface area contributed by atoms with Gasteiger partial charge < -0.3 is 0 Å². The van der Waals surface area contributed by atoms with Crippen LogP contribution in [0.2, 0.25) is 0 Å². The quantitative estimate of drug-likeness (QED) is 0.760. The topological polar surface area (TPSA) is 43.4 Å². The molecule has 0 saturated carbocycles. The van der Waals surface area contributed by atoms with Crippen molar-refractivity contribution in [2.45, 2.75) is 18.7 Å². The number of benzene rings is 1. The minimum Gasteiger partial charge on any atom is -0.266 e. The molecule has 0 N–H and O–H groups in total. The SMILES string of the molecule is CC(C)COS(=O)(=O)c1cc(Br)ccc1Br. The molecular formula is C10H12Br2O3S. The van der Waals surface area contributed by atoms with Gasteiger partial charge in [-0.15, -0.1) is 0 Å². The van der Waals surface area contributed by atoms with Gasteiger partial charge in [0.2, 0.25) is 0 Å². The highest BCUT2D eigenvalue weighted by Gasteiger charge is 2.19. The Hall–Kier alpha value is 0.0900. The first-order valence-electron chi connectivity index (χ1n) is 4.67. The molecule has 1 aromatic carbocycles. The molecule has 0 aliphatic heterocycles. The Balaban J connectivity index is 3.02. The molecule has 0 aliphatic carbocycles. The van der Waals surface area contributed by atoms with E-state index in [0.29, 0.717) is 8.95 Å². The molecular weight excluding hydrogens is 360 g/mol. The van der Waals surface area contributed by atoms with Gasteiger partial charge in [-0.2, -0.15) is 8.42 Å². The molecule has 0 bridgehead atoms. The van der Waals surface area contributed by atoms with Crippen LogP contribution in [0.3, 0.4) is 0 Å². The Bertz CT molecular complexity index is 469. The molecule has 1 aromatic rings. The second-order valence-corrected chi connectivity index (χ2v) is 7.06. The zero-order valence-electron chi connectivity index (χ0n) is 8.91. The summed E-state index contributed by atoms with van der Waals surface area (Å²) in [5, 5.41) is 0. The maximum Gasteiger partial charge on any atom is 0.298 e. The number of rotatable bonds is 4. The van der Waals surface area contributed by atoms with E-state index < -0.39 is 10.1 Å². The molecule has 0 spiro atoms. The lowest BCUT2D eigenvalue weighted by atomic mass is 10.2. The second kappa shape index (κ2) is 5.62. The molecule has 0 atom stereocenters. The molecule has 0 radical (unpaired) electrons. The Morgan fingerprint density at radius 1 is 1.31 bits per heavy atom. The molecule has 0 unspecified atom stereocenters. The van der Waals surface area contributed by atoms with E-state index in [4.69, 9.17) is 4.18 Å². The molecule has 90 valence electrons. The monoisotopic (exact) mass is 370 g/mol. The van der Waals surface area contributed by atoms with Gasteiger partial charge in [0.15, 0.2) is 0 Å². The third-order valence-corrected chi connectivity index (χ3v) is 4.49. The van der Waals surface area contributed by atoms with Gasteiger partial charge in [0.05, 0.1) is 6.61 Å². The zero-order chi connectivity index (χ0) is 12.3. The lowest BCUT2D eigenvalue weighted by Crippen LogP contribution is -2.11. The van der Waals surface area contributed by atoms with Crippen molar-refractivity contribution in [1.82, 2.24) is 0 Å². The van der Waals surface area contributed by atoms with Crippen LogP contribution in [0.25, 0.3) is 0 Å². The highest BCUT2D eigenvalue weighted by atomic mass is 79.9. The van der Waals surface area contributed by atoms with Crippen LogP contribution in [-0.4, -0.2) is 15.0 Å². The first-order valence-corrected chi connectivity index (χ1v) is 7.67. The average Bonchev–Trinajstić information content (AvgIpc) is 2.19. The summed E-state index contributed by atoms with van der Waals surface area (Å²) >= 11 is 6.42. The van der Waals surface area contributed by atoms with Crippen LogP contribution < -0.4 is 0 Å². The molecule has 3 nitrogen and oxygen atoms in total. The van der Waals surface area contributed by atoms with Gasteiger partial charge >= 0.3 is 0 Å². The zero-order valence-corrected chi connectivity index (χ0v) is 12.9. The van der Waals surface area contributed by atoms with Crippen molar-refractivity contribution in [1.29, 1.82) is 0 Å². The van der Waals surface area contributed by atoms with E-state index in [1.54, 1.807) is 12.1 Å². The Labute approximate surface area is 113 Å². The van der Waals surface area contributed by atoms with E-state index in [2.05, 4.69) is 31.9 Å². The van der Waals surface area contributed by atoms with Crippen LogP contribution in [-0.2, 0) is 14.3 Å². The average molecular weight is 372 g/mol. The Kier molecular flexibility index (Phi) is 4.97. The molecule has 6 heteroatoms. The van der Waals surface area contributed by atoms with Crippen molar-refractivity contribution in [3.05, 3.63) is 27.1 Å². The summed E-state index contributed by atoms with van der Waals surface area (Å²) in [7, 11) is -3.69. The van der Waals surface area contributed by atoms with Gasteiger partial charge in [-0.1, -0.05) is 29.8 Å². The van der Waals surface area contributed by atoms with Crippen molar-refractivity contribution in [3.8, 4) is 0 Å². The van der Waals surface area contributed by atoms with Gasteiger partial charge in [-0.25, -0.2) is 0 Å². The number of halogens is 2. The van der Waals surface area contributed by atoms with Crippen molar-refractivity contribution in [3.63, 3.8) is 0 Å². The molecule has 0 fully saturated rings. The third kappa shape index (κ3) is 3.84. The van der Waals surface area contributed by atoms with Crippen molar-refractivity contribution in [2.75, 3.05) is 6.61 Å². The molecule has 0 aromatic heterocycles. The van der Waals surface area contributed by atoms with Gasteiger partial charge in [0, 0.05) is 8.95 Å². The molecule has 0 heterocycles. The molecule has 1 rings (SSSR count). The number of hydrogen-bond acceptors (Lipinski definition) is 3. The first kappa shape index (κ1) is 14.2. The van der Waals surface area contributed by atoms with Gasteiger partial charge in [-0.05, 0) is 40.0 Å². The van der Waals surface area contributed by atoms with Gasteiger partial charge in [0.1, 0.15) is 4.90 Å². The largest absolute Gasteiger partial charge is 0.298 e. The van der Waals surface area contributed by atoms with Crippen LogP contribution in [0.5, 0.6) is 0 Å². The molecule has 0 saturated heterocycles. The fraction of sp³-hybridized carbons (Fsp3) is 0.400.